The van der Waals surface area contributed by atoms with Crippen molar-refractivity contribution in [2.24, 2.45) is 10.9 Å². The normalized spacial score (nSPS) is 12.7. The second kappa shape index (κ2) is 8.19. The van der Waals surface area contributed by atoms with E-state index in [0.29, 0.717) is 6.54 Å². The van der Waals surface area contributed by atoms with E-state index in [1.807, 2.05) is 37.1 Å². The van der Waals surface area contributed by atoms with Crippen LogP contribution in [0.5, 0.6) is 0 Å². The number of hydrogen-bond acceptors (Lipinski definition) is 3. The lowest BCUT2D eigenvalue weighted by Gasteiger charge is -2.23. The molecule has 0 amide bonds. The van der Waals surface area contributed by atoms with Crippen LogP contribution in [0.4, 0.5) is 0 Å². The summed E-state index contributed by atoms with van der Waals surface area (Å²) in [5.41, 5.74) is 1.21. The Morgan fingerprint density at radius 2 is 2.05 bits per heavy atom. The van der Waals surface area contributed by atoms with E-state index in [9.17, 15) is 4.79 Å². The average Bonchev–Trinajstić information content (AvgIpc) is 2.47. The molecule has 0 heterocycles. The van der Waals surface area contributed by atoms with Crippen molar-refractivity contribution in [1.29, 1.82) is 0 Å². The molecule has 20 heavy (non-hydrogen) atoms. The van der Waals surface area contributed by atoms with Crippen LogP contribution in [0.25, 0.3) is 0 Å². The van der Waals surface area contributed by atoms with Gasteiger partial charge in [0, 0.05) is 27.2 Å². The van der Waals surface area contributed by atoms with Crippen LogP contribution in [-0.2, 0) is 16.1 Å². The summed E-state index contributed by atoms with van der Waals surface area (Å²) < 4.78 is 4.70. The Bertz CT molecular complexity index is 446. The third kappa shape index (κ3) is 4.91. The van der Waals surface area contributed by atoms with Crippen LogP contribution in [0.3, 0.4) is 0 Å². The maximum absolute atomic E-state index is 11.4. The highest BCUT2D eigenvalue weighted by Crippen LogP contribution is 2.03. The van der Waals surface area contributed by atoms with Gasteiger partial charge in [0.1, 0.15) is 0 Å². The fraction of sp³-hybridized carbons (Fsp3) is 0.467. The molecule has 0 aliphatic heterocycles. The first-order chi connectivity index (χ1) is 9.58. The number of benzene rings is 1. The smallest absolute Gasteiger partial charge is 0.310 e. The van der Waals surface area contributed by atoms with Gasteiger partial charge in [-0.3, -0.25) is 9.79 Å². The molecule has 0 fully saturated rings. The van der Waals surface area contributed by atoms with Crippen LogP contribution in [0, 0.1) is 5.92 Å². The van der Waals surface area contributed by atoms with Crippen LogP contribution in [-0.4, -0.2) is 44.6 Å². The summed E-state index contributed by atoms with van der Waals surface area (Å²) in [6.07, 6.45) is 0. The lowest BCUT2D eigenvalue weighted by molar-refractivity contribution is -0.144. The van der Waals surface area contributed by atoms with Gasteiger partial charge < -0.3 is 15.0 Å². The topological polar surface area (TPSA) is 53.9 Å². The van der Waals surface area contributed by atoms with E-state index in [1.165, 1.54) is 12.7 Å². The monoisotopic (exact) mass is 277 g/mol. The second-order valence-corrected chi connectivity index (χ2v) is 4.69. The maximum Gasteiger partial charge on any atom is 0.310 e. The summed E-state index contributed by atoms with van der Waals surface area (Å²) in [6.45, 7) is 3.08. The Kier molecular flexibility index (Phi) is 6.56. The van der Waals surface area contributed by atoms with Crippen molar-refractivity contribution >= 4 is 11.9 Å². The molecule has 5 nitrogen and oxygen atoms in total. The van der Waals surface area contributed by atoms with Gasteiger partial charge in [0.25, 0.3) is 0 Å². The number of esters is 1. The molecular weight excluding hydrogens is 254 g/mol. The minimum atomic E-state index is -0.223. The number of rotatable bonds is 5. The molecule has 5 heteroatoms. The number of nitrogens with zero attached hydrogens (tertiary/aromatic N) is 2. The van der Waals surface area contributed by atoms with Crippen molar-refractivity contribution in [3.8, 4) is 0 Å². The lowest BCUT2D eigenvalue weighted by atomic mass is 10.2. The third-order valence-corrected chi connectivity index (χ3v) is 3.01. The Labute approximate surface area is 120 Å². The number of hydrogen-bond donors (Lipinski definition) is 1. The quantitative estimate of drug-likeness (QED) is 0.503. The molecule has 1 aromatic carbocycles. The van der Waals surface area contributed by atoms with Gasteiger partial charge in [0.05, 0.1) is 13.0 Å². The molecule has 1 unspecified atom stereocenters. The van der Waals surface area contributed by atoms with Crippen molar-refractivity contribution in [3.05, 3.63) is 35.9 Å². The molecule has 1 atom stereocenters. The summed E-state index contributed by atoms with van der Waals surface area (Å²) in [5, 5.41) is 3.18. The second-order valence-electron chi connectivity index (χ2n) is 4.69. The van der Waals surface area contributed by atoms with Gasteiger partial charge in [-0.25, -0.2) is 0 Å². The van der Waals surface area contributed by atoms with Gasteiger partial charge in [-0.15, -0.1) is 0 Å². The van der Waals surface area contributed by atoms with Crippen molar-refractivity contribution in [1.82, 2.24) is 10.2 Å². The van der Waals surface area contributed by atoms with Crippen molar-refractivity contribution in [2.45, 2.75) is 13.5 Å². The molecule has 0 spiro atoms. The van der Waals surface area contributed by atoms with E-state index in [2.05, 4.69) is 22.4 Å². The van der Waals surface area contributed by atoms with Crippen molar-refractivity contribution < 1.29 is 9.53 Å². The molecule has 0 radical (unpaired) electrons. The largest absolute Gasteiger partial charge is 0.469 e. The van der Waals surface area contributed by atoms with Crippen LogP contribution in [0.2, 0.25) is 0 Å². The number of carbonyl (C=O) groups is 1. The van der Waals surface area contributed by atoms with Crippen LogP contribution in [0.1, 0.15) is 12.5 Å². The number of nitrogens with one attached hydrogen (secondary N) is 1. The molecule has 0 saturated heterocycles. The van der Waals surface area contributed by atoms with Gasteiger partial charge >= 0.3 is 5.97 Å². The number of aliphatic imine (C=N–C) groups is 1. The van der Waals surface area contributed by atoms with Gasteiger partial charge in [0.15, 0.2) is 5.96 Å². The van der Waals surface area contributed by atoms with Crippen molar-refractivity contribution in [2.75, 3.05) is 27.7 Å². The molecule has 0 bridgehead atoms. The van der Waals surface area contributed by atoms with E-state index in [4.69, 9.17) is 4.74 Å². The van der Waals surface area contributed by atoms with Gasteiger partial charge in [-0.2, -0.15) is 0 Å². The van der Waals surface area contributed by atoms with E-state index >= 15 is 0 Å². The first-order valence-corrected chi connectivity index (χ1v) is 6.62. The first kappa shape index (κ1) is 16.0. The van der Waals surface area contributed by atoms with Crippen molar-refractivity contribution in [3.63, 3.8) is 0 Å². The molecule has 1 N–H and O–H groups in total. The molecule has 1 aromatic rings. The molecule has 0 aliphatic carbocycles. The number of carbonyl (C=O) groups excluding carboxylic acids is 1. The standard InChI is InChI=1S/C15H23N3O2/c1-12(14(19)20-4)10-17-15(16-2)18(3)11-13-8-6-5-7-9-13/h5-9,12H,10-11H2,1-4H3,(H,16,17). The van der Waals surface area contributed by atoms with E-state index in [1.54, 1.807) is 7.05 Å². The van der Waals surface area contributed by atoms with E-state index < -0.39 is 0 Å². The Hall–Kier alpha value is -2.04. The third-order valence-electron chi connectivity index (χ3n) is 3.01. The number of ether oxygens (including phenoxy) is 1. The fourth-order valence-corrected chi connectivity index (χ4v) is 1.85. The zero-order valence-electron chi connectivity index (χ0n) is 12.6. The number of guanidine groups is 1. The highest BCUT2D eigenvalue weighted by molar-refractivity contribution is 5.80. The lowest BCUT2D eigenvalue weighted by Crippen LogP contribution is -2.41. The summed E-state index contributed by atoms with van der Waals surface area (Å²) in [6, 6.07) is 10.2. The minimum Gasteiger partial charge on any atom is -0.469 e. The molecule has 110 valence electrons. The molecule has 0 aromatic heterocycles. The Morgan fingerprint density at radius 1 is 1.40 bits per heavy atom. The predicted octanol–water partition coefficient (Wildman–Crippen LogP) is 1.50. The number of methoxy groups -OCH3 is 1. The van der Waals surface area contributed by atoms with Crippen LogP contribution < -0.4 is 5.32 Å². The van der Waals surface area contributed by atoms with Crippen LogP contribution in [0.15, 0.2) is 35.3 Å². The fourth-order valence-electron chi connectivity index (χ4n) is 1.85. The molecule has 0 saturated carbocycles. The average molecular weight is 277 g/mol. The molecular formula is C15H23N3O2. The SMILES string of the molecule is CN=C(NCC(C)C(=O)OC)N(C)Cc1ccccc1. The Morgan fingerprint density at radius 3 is 2.60 bits per heavy atom. The first-order valence-electron chi connectivity index (χ1n) is 6.62. The summed E-state index contributed by atoms with van der Waals surface area (Å²) >= 11 is 0. The Balaban J connectivity index is 2.52. The van der Waals surface area contributed by atoms with Crippen LogP contribution >= 0.6 is 0 Å². The van der Waals surface area contributed by atoms with Gasteiger partial charge in [0.2, 0.25) is 0 Å². The molecule has 0 aliphatic rings. The zero-order chi connectivity index (χ0) is 15.0. The summed E-state index contributed by atoms with van der Waals surface area (Å²) in [5.74, 6) is 0.324. The zero-order valence-corrected chi connectivity index (χ0v) is 12.6. The maximum atomic E-state index is 11.4. The van der Waals surface area contributed by atoms with E-state index in [0.717, 1.165) is 12.5 Å². The molecule has 1 rings (SSSR count). The highest BCUT2D eigenvalue weighted by Gasteiger charge is 2.14. The minimum absolute atomic E-state index is 0.207. The summed E-state index contributed by atoms with van der Waals surface area (Å²) in [4.78, 5) is 17.6. The van der Waals surface area contributed by atoms with E-state index in [-0.39, 0.29) is 11.9 Å². The highest BCUT2D eigenvalue weighted by atomic mass is 16.5. The van der Waals surface area contributed by atoms with Gasteiger partial charge in [-0.05, 0) is 5.56 Å². The predicted molar refractivity (Wildman–Crippen MR) is 80.5 cm³/mol. The van der Waals surface area contributed by atoms with Gasteiger partial charge in [-0.1, -0.05) is 37.3 Å². The summed E-state index contributed by atoms with van der Waals surface area (Å²) in [7, 11) is 5.09.